The van der Waals surface area contributed by atoms with Crippen molar-refractivity contribution in [3.8, 4) is 0 Å². The number of carbonyl (C=O) groups excluding carboxylic acids is 1. The number of urea groups is 1. The van der Waals surface area contributed by atoms with Crippen molar-refractivity contribution in [3.05, 3.63) is 40.4 Å². The lowest BCUT2D eigenvalue weighted by Crippen LogP contribution is -2.32. The Kier molecular flexibility index (Phi) is 6.52. The van der Waals surface area contributed by atoms with E-state index in [1.807, 2.05) is 0 Å². The Hall–Kier alpha value is -1.72. The summed E-state index contributed by atoms with van der Waals surface area (Å²) < 4.78 is 0. The zero-order chi connectivity index (χ0) is 16.0. The first kappa shape index (κ1) is 17.3. The molecule has 0 bridgehead atoms. The number of hydrogen-bond acceptors (Lipinski definition) is 2. The maximum Gasteiger partial charge on any atom is 0.337 e. The molecule has 7 heteroatoms. The number of halogens is 2. The van der Waals surface area contributed by atoms with E-state index >= 15 is 0 Å². The number of nitrogens with zero attached hydrogens (tertiary/aromatic N) is 1. The summed E-state index contributed by atoms with van der Waals surface area (Å²) in [6.07, 6.45) is 3.33. The minimum atomic E-state index is -1.22. The number of carboxylic acids is 1. The molecule has 0 aromatic heterocycles. The number of hydrogen-bond donors (Lipinski definition) is 2. The summed E-state index contributed by atoms with van der Waals surface area (Å²) >= 11 is 11.7. The maximum atomic E-state index is 12.0. The molecular weight excluding hydrogens is 315 g/mol. The monoisotopic (exact) mass is 330 g/mol. The van der Waals surface area contributed by atoms with Crippen LogP contribution in [0.3, 0.4) is 0 Å². The molecule has 0 fully saturated rings. The quantitative estimate of drug-likeness (QED) is 0.608. The van der Waals surface area contributed by atoms with Gasteiger partial charge < -0.3 is 15.3 Å². The van der Waals surface area contributed by atoms with E-state index in [0.29, 0.717) is 6.54 Å². The van der Waals surface area contributed by atoms with Crippen LogP contribution in [0.5, 0.6) is 0 Å². The van der Waals surface area contributed by atoms with E-state index in [1.165, 1.54) is 17.0 Å². The van der Waals surface area contributed by atoms with E-state index in [2.05, 4.69) is 11.9 Å². The first-order valence-electron chi connectivity index (χ1n) is 6.22. The predicted molar refractivity (Wildman–Crippen MR) is 84.5 cm³/mol. The molecule has 0 radical (unpaired) electrons. The third-order valence-electron chi connectivity index (χ3n) is 2.77. The van der Waals surface area contributed by atoms with Crippen LogP contribution in [-0.4, -0.2) is 35.6 Å². The minimum Gasteiger partial charge on any atom is -0.478 e. The number of amides is 2. The van der Waals surface area contributed by atoms with E-state index in [4.69, 9.17) is 28.3 Å². The number of anilines is 1. The zero-order valence-corrected chi connectivity index (χ0v) is 13.0. The molecule has 0 saturated carbocycles. The third-order valence-corrected chi connectivity index (χ3v) is 3.28. The van der Waals surface area contributed by atoms with Crippen molar-refractivity contribution >= 4 is 40.9 Å². The van der Waals surface area contributed by atoms with Crippen molar-refractivity contribution in [1.29, 1.82) is 0 Å². The number of benzene rings is 1. The van der Waals surface area contributed by atoms with Crippen molar-refractivity contribution in [2.75, 3.05) is 18.9 Å². The van der Waals surface area contributed by atoms with Crippen LogP contribution >= 0.6 is 23.2 Å². The average molecular weight is 331 g/mol. The summed E-state index contributed by atoms with van der Waals surface area (Å²) in [7, 11) is 1.61. The van der Waals surface area contributed by atoms with E-state index in [0.717, 1.165) is 12.8 Å². The SMILES string of the molecule is C=CCCCN(C)C(=O)Nc1c(Cl)cc(Cl)cc1C(=O)O. The lowest BCUT2D eigenvalue weighted by atomic mass is 10.2. The number of carboxylic acid groups (broad SMARTS) is 1. The van der Waals surface area contributed by atoms with Gasteiger partial charge in [-0.25, -0.2) is 9.59 Å². The van der Waals surface area contributed by atoms with Crippen molar-refractivity contribution < 1.29 is 14.7 Å². The Morgan fingerprint density at radius 1 is 1.43 bits per heavy atom. The predicted octanol–water partition coefficient (Wildman–Crippen LogP) is 4.12. The summed E-state index contributed by atoms with van der Waals surface area (Å²) in [6.45, 7) is 4.13. The highest BCUT2D eigenvalue weighted by molar-refractivity contribution is 6.37. The molecule has 1 rings (SSSR count). The lowest BCUT2D eigenvalue weighted by Gasteiger charge is -2.19. The van der Waals surface area contributed by atoms with Crippen LogP contribution in [0.15, 0.2) is 24.8 Å². The second-order valence-corrected chi connectivity index (χ2v) is 5.24. The van der Waals surface area contributed by atoms with Crippen molar-refractivity contribution in [2.24, 2.45) is 0 Å². The van der Waals surface area contributed by atoms with Gasteiger partial charge in [-0.05, 0) is 25.0 Å². The first-order valence-corrected chi connectivity index (χ1v) is 6.97. The molecular formula is C14H16Cl2N2O3. The molecule has 0 heterocycles. The zero-order valence-electron chi connectivity index (χ0n) is 11.5. The molecule has 0 spiro atoms. The van der Waals surface area contributed by atoms with Gasteiger partial charge in [0.2, 0.25) is 0 Å². The van der Waals surface area contributed by atoms with Crippen molar-refractivity contribution in [3.63, 3.8) is 0 Å². The van der Waals surface area contributed by atoms with Gasteiger partial charge in [0.15, 0.2) is 0 Å². The van der Waals surface area contributed by atoms with Crippen LogP contribution in [-0.2, 0) is 0 Å². The molecule has 1 aromatic rings. The van der Waals surface area contributed by atoms with E-state index in [1.54, 1.807) is 13.1 Å². The molecule has 0 aliphatic carbocycles. The Balaban J connectivity index is 2.89. The van der Waals surface area contributed by atoms with Crippen LogP contribution in [0.4, 0.5) is 10.5 Å². The summed E-state index contributed by atoms with van der Waals surface area (Å²) in [4.78, 5) is 24.7. The van der Waals surface area contributed by atoms with E-state index < -0.39 is 12.0 Å². The lowest BCUT2D eigenvalue weighted by molar-refractivity contribution is 0.0698. The summed E-state index contributed by atoms with van der Waals surface area (Å²) in [5.41, 5.74) is -0.116. The molecule has 0 unspecified atom stereocenters. The maximum absolute atomic E-state index is 12.0. The number of rotatable bonds is 6. The number of carbonyl (C=O) groups is 2. The fourth-order valence-electron chi connectivity index (χ4n) is 1.65. The number of allylic oxidation sites excluding steroid dienone is 1. The van der Waals surface area contributed by atoms with Gasteiger partial charge in [-0.15, -0.1) is 6.58 Å². The molecule has 5 nitrogen and oxygen atoms in total. The Bertz CT molecular complexity index is 561. The van der Waals surface area contributed by atoms with Gasteiger partial charge in [0.1, 0.15) is 0 Å². The number of aromatic carboxylic acids is 1. The summed E-state index contributed by atoms with van der Waals surface area (Å²) in [6, 6.07) is 2.18. The van der Waals surface area contributed by atoms with Gasteiger partial charge in [0.25, 0.3) is 0 Å². The number of nitrogens with one attached hydrogen (secondary N) is 1. The molecule has 0 atom stereocenters. The Morgan fingerprint density at radius 3 is 2.67 bits per heavy atom. The molecule has 114 valence electrons. The highest BCUT2D eigenvalue weighted by Crippen LogP contribution is 2.30. The van der Waals surface area contributed by atoms with Gasteiger partial charge in [-0.1, -0.05) is 29.3 Å². The molecule has 2 N–H and O–H groups in total. The largest absolute Gasteiger partial charge is 0.478 e. The van der Waals surface area contributed by atoms with Crippen LogP contribution in [0, 0.1) is 0 Å². The van der Waals surface area contributed by atoms with Crippen molar-refractivity contribution in [1.82, 2.24) is 4.90 Å². The standard InChI is InChI=1S/C14H16Cl2N2O3/c1-3-4-5-6-18(2)14(21)17-12-10(13(19)20)7-9(15)8-11(12)16/h3,7-8H,1,4-6H2,2H3,(H,17,21)(H,19,20). The van der Waals surface area contributed by atoms with Crippen molar-refractivity contribution in [2.45, 2.75) is 12.8 Å². The molecule has 1 aromatic carbocycles. The molecule has 0 aliphatic rings. The fraction of sp³-hybridized carbons (Fsp3) is 0.286. The fourth-order valence-corrected chi connectivity index (χ4v) is 2.19. The normalized spacial score (nSPS) is 10.0. The van der Waals surface area contributed by atoms with Crippen LogP contribution in [0.25, 0.3) is 0 Å². The van der Waals surface area contributed by atoms with Crippen LogP contribution in [0.1, 0.15) is 23.2 Å². The Labute approximate surface area is 133 Å². The second kappa shape index (κ2) is 7.90. The van der Waals surface area contributed by atoms with E-state index in [9.17, 15) is 9.59 Å². The third kappa shape index (κ3) is 4.95. The van der Waals surface area contributed by atoms with Gasteiger partial charge in [-0.3, -0.25) is 0 Å². The first-order chi connectivity index (χ1) is 9.86. The average Bonchev–Trinajstić information content (AvgIpc) is 2.41. The van der Waals surface area contributed by atoms with Gasteiger partial charge >= 0.3 is 12.0 Å². The molecule has 0 saturated heterocycles. The highest BCUT2D eigenvalue weighted by Gasteiger charge is 2.18. The molecule has 2 amide bonds. The smallest absolute Gasteiger partial charge is 0.337 e. The van der Waals surface area contributed by atoms with Crippen LogP contribution < -0.4 is 5.32 Å². The Morgan fingerprint density at radius 2 is 2.10 bits per heavy atom. The van der Waals surface area contributed by atoms with Gasteiger partial charge in [0.05, 0.1) is 16.3 Å². The van der Waals surface area contributed by atoms with Crippen LogP contribution in [0.2, 0.25) is 10.0 Å². The summed E-state index contributed by atoms with van der Waals surface area (Å²) in [5.74, 6) is -1.22. The van der Waals surface area contributed by atoms with Gasteiger partial charge in [-0.2, -0.15) is 0 Å². The second-order valence-electron chi connectivity index (χ2n) is 4.40. The van der Waals surface area contributed by atoms with E-state index in [-0.39, 0.29) is 21.3 Å². The number of unbranched alkanes of at least 4 members (excludes halogenated alkanes) is 1. The molecule has 0 aliphatic heterocycles. The van der Waals surface area contributed by atoms with Gasteiger partial charge in [0, 0.05) is 18.6 Å². The molecule has 21 heavy (non-hydrogen) atoms. The minimum absolute atomic E-state index is 0.0362. The summed E-state index contributed by atoms with van der Waals surface area (Å²) in [5, 5.41) is 11.9. The highest BCUT2D eigenvalue weighted by atomic mass is 35.5. The topological polar surface area (TPSA) is 69.6 Å².